The fourth-order valence-corrected chi connectivity index (χ4v) is 3.85. The van der Waals surface area contributed by atoms with Crippen LogP contribution in [0.5, 0.6) is 0 Å². The molecule has 1 fully saturated rings. The Balaban J connectivity index is 2.19. The topological polar surface area (TPSA) is 26.0 Å². The Labute approximate surface area is 115 Å². The van der Waals surface area contributed by atoms with Crippen molar-refractivity contribution in [1.29, 1.82) is 0 Å². The predicted molar refractivity (Wildman–Crippen MR) is 81.6 cm³/mol. The van der Waals surface area contributed by atoms with Gasteiger partial charge in [0.25, 0.3) is 0 Å². The highest BCUT2D eigenvalue weighted by atomic mass is 14.5. The van der Waals surface area contributed by atoms with Crippen LogP contribution in [-0.4, -0.2) is 6.54 Å². The van der Waals surface area contributed by atoms with E-state index in [-0.39, 0.29) is 0 Å². The van der Waals surface area contributed by atoms with Crippen LogP contribution in [0.25, 0.3) is 0 Å². The monoisotopic (exact) mass is 253 g/mol. The number of hydrogen-bond donors (Lipinski definition) is 1. The summed E-state index contributed by atoms with van der Waals surface area (Å²) in [6, 6.07) is 0. The molecule has 1 aliphatic carbocycles. The van der Waals surface area contributed by atoms with Gasteiger partial charge in [0.05, 0.1) is 0 Å². The van der Waals surface area contributed by atoms with Crippen LogP contribution in [0, 0.1) is 23.7 Å². The lowest BCUT2D eigenvalue weighted by Gasteiger charge is -2.33. The quantitative estimate of drug-likeness (QED) is 0.647. The molecule has 1 rings (SSSR count). The van der Waals surface area contributed by atoms with Crippen LogP contribution in [0.15, 0.2) is 0 Å². The molecule has 0 amide bonds. The summed E-state index contributed by atoms with van der Waals surface area (Å²) in [5, 5.41) is 0. The molecule has 0 heterocycles. The molecule has 0 aliphatic heterocycles. The molecule has 0 aromatic rings. The van der Waals surface area contributed by atoms with E-state index in [4.69, 9.17) is 5.73 Å². The largest absolute Gasteiger partial charge is 0.330 e. The van der Waals surface area contributed by atoms with Gasteiger partial charge in [-0.15, -0.1) is 0 Å². The molecule has 0 bridgehead atoms. The van der Waals surface area contributed by atoms with E-state index < -0.39 is 0 Å². The molecule has 2 N–H and O–H groups in total. The van der Waals surface area contributed by atoms with Crippen molar-refractivity contribution in [3.05, 3.63) is 0 Å². The summed E-state index contributed by atoms with van der Waals surface area (Å²) in [6.07, 6.45) is 12.8. The second-order valence-corrected chi connectivity index (χ2v) is 6.82. The van der Waals surface area contributed by atoms with Crippen molar-refractivity contribution in [2.24, 2.45) is 29.4 Å². The van der Waals surface area contributed by atoms with Crippen LogP contribution in [0.1, 0.15) is 78.6 Å². The van der Waals surface area contributed by atoms with Crippen LogP contribution in [0.3, 0.4) is 0 Å². The summed E-state index contributed by atoms with van der Waals surface area (Å²) in [6.45, 7) is 8.07. The summed E-state index contributed by atoms with van der Waals surface area (Å²) in [5.41, 5.74) is 5.61. The van der Waals surface area contributed by atoms with Gasteiger partial charge in [0.1, 0.15) is 0 Å². The van der Waals surface area contributed by atoms with Gasteiger partial charge in [-0.3, -0.25) is 0 Å². The molecule has 1 nitrogen and oxygen atoms in total. The average molecular weight is 253 g/mol. The second kappa shape index (κ2) is 8.96. The van der Waals surface area contributed by atoms with E-state index in [1.54, 1.807) is 0 Å². The van der Waals surface area contributed by atoms with Gasteiger partial charge in [0, 0.05) is 0 Å². The van der Waals surface area contributed by atoms with Crippen molar-refractivity contribution >= 4 is 0 Å². The Bertz CT molecular complexity index is 194. The third kappa shape index (κ3) is 5.73. The smallest absolute Gasteiger partial charge is 0.00772 e. The lowest BCUT2D eigenvalue weighted by Crippen LogP contribution is -2.21. The minimum atomic E-state index is 0.869. The fraction of sp³-hybridized carbons (Fsp3) is 1.00. The van der Waals surface area contributed by atoms with E-state index in [0.29, 0.717) is 0 Å². The highest BCUT2D eigenvalue weighted by Gasteiger charge is 2.25. The zero-order valence-corrected chi connectivity index (χ0v) is 13.0. The normalized spacial score (nSPS) is 28.0. The summed E-state index contributed by atoms with van der Waals surface area (Å²) in [4.78, 5) is 0. The fourth-order valence-electron chi connectivity index (χ4n) is 3.85. The summed E-state index contributed by atoms with van der Waals surface area (Å²) >= 11 is 0. The summed E-state index contributed by atoms with van der Waals surface area (Å²) in [5.74, 6) is 3.88. The molecule has 0 aromatic heterocycles. The van der Waals surface area contributed by atoms with Crippen LogP contribution in [0.2, 0.25) is 0 Å². The van der Waals surface area contributed by atoms with Crippen LogP contribution < -0.4 is 5.73 Å². The van der Waals surface area contributed by atoms with Crippen molar-refractivity contribution < 1.29 is 0 Å². The molecule has 0 saturated heterocycles. The molecule has 0 spiro atoms. The van der Waals surface area contributed by atoms with E-state index in [2.05, 4.69) is 20.8 Å². The van der Waals surface area contributed by atoms with Gasteiger partial charge >= 0.3 is 0 Å². The average Bonchev–Trinajstić information content (AvgIpc) is 2.37. The summed E-state index contributed by atoms with van der Waals surface area (Å²) in [7, 11) is 0. The number of hydrogen-bond acceptors (Lipinski definition) is 1. The number of nitrogens with two attached hydrogens (primary N) is 1. The van der Waals surface area contributed by atoms with Gasteiger partial charge in [-0.2, -0.15) is 0 Å². The van der Waals surface area contributed by atoms with Gasteiger partial charge < -0.3 is 5.73 Å². The molecular formula is C17H35N. The van der Waals surface area contributed by atoms with Crippen molar-refractivity contribution in [1.82, 2.24) is 0 Å². The highest BCUT2D eigenvalue weighted by Crippen LogP contribution is 2.37. The Hall–Kier alpha value is -0.0400. The first kappa shape index (κ1) is 16.0. The standard InChI is InChI=1S/C17H35N/c1-4-6-14(2)13-16-8-10-17(11-9-16)15(3)7-5-12-18/h14-17H,4-13,18H2,1-3H3/t14-,15?,16?,17?/m0/s1. The minimum absolute atomic E-state index is 0.869. The van der Waals surface area contributed by atoms with Crippen molar-refractivity contribution in [3.63, 3.8) is 0 Å². The third-order valence-corrected chi connectivity index (χ3v) is 5.08. The van der Waals surface area contributed by atoms with E-state index in [0.717, 1.165) is 30.2 Å². The van der Waals surface area contributed by atoms with Gasteiger partial charge in [0.2, 0.25) is 0 Å². The Morgan fingerprint density at radius 1 is 1.06 bits per heavy atom. The van der Waals surface area contributed by atoms with E-state index in [1.807, 2.05) is 0 Å². The lowest BCUT2D eigenvalue weighted by molar-refractivity contribution is 0.186. The molecule has 2 atom stereocenters. The van der Waals surface area contributed by atoms with E-state index >= 15 is 0 Å². The molecule has 1 aliphatic rings. The van der Waals surface area contributed by atoms with E-state index in [9.17, 15) is 0 Å². The molecule has 0 radical (unpaired) electrons. The van der Waals surface area contributed by atoms with Gasteiger partial charge in [-0.05, 0) is 62.3 Å². The molecule has 18 heavy (non-hydrogen) atoms. The van der Waals surface area contributed by atoms with Gasteiger partial charge in [0.15, 0.2) is 0 Å². The van der Waals surface area contributed by atoms with Crippen LogP contribution >= 0.6 is 0 Å². The molecular weight excluding hydrogens is 218 g/mol. The van der Waals surface area contributed by atoms with Gasteiger partial charge in [-0.1, -0.05) is 46.5 Å². The maximum Gasteiger partial charge on any atom is -0.00772 e. The van der Waals surface area contributed by atoms with Crippen molar-refractivity contribution in [3.8, 4) is 0 Å². The first-order chi connectivity index (χ1) is 8.67. The SMILES string of the molecule is CCC[C@H](C)CC1CCC(C(C)CCCN)CC1. The van der Waals surface area contributed by atoms with Crippen molar-refractivity contribution in [2.45, 2.75) is 78.6 Å². The zero-order valence-electron chi connectivity index (χ0n) is 13.0. The molecule has 1 saturated carbocycles. The summed E-state index contributed by atoms with van der Waals surface area (Å²) < 4.78 is 0. The minimum Gasteiger partial charge on any atom is -0.330 e. The molecule has 1 unspecified atom stereocenters. The Morgan fingerprint density at radius 2 is 1.72 bits per heavy atom. The van der Waals surface area contributed by atoms with Crippen molar-refractivity contribution in [2.75, 3.05) is 6.54 Å². The first-order valence-electron chi connectivity index (χ1n) is 8.37. The Kier molecular flexibility index (Phi) is 7.97. The Morgan fingerprint density at radius 3 is 2.28 bits per heavy atom. The molecule has 108 valence electrons. The molecule has 0 aromatic carbocycles. The van der Waals surface area contributed by atoms with Gasteiger partial charge in [-0.25, -0.2) is 0 Å². The number of rotatable bonds is 8. The third-order valence-electron chi connectivity index (χ3n) is 5.08. The van der Waals surface area contributed by atoms with E-state index in [1.165, 1.54) is 57.8 Å². The maximum absolute atomic E-state index is 5.61. The maximum atomic E-state index is 5.61. The lowest BCUT2D eigenvalue weighted by atomic mass is 9.73. The van der Waals surface area contributed by atoms with Crippen LogP contribution in [-0.2, 0) is 0 Å². The first-order valence-corrected chi connectivity index (χ1v) is 8.37. The second-order valence-electron chi connectivity index (χ2n) is 6.82. The highest BCUT2D eigenvalue weighted by molar-refractivity contribution is 4.77. The molecule has 1 heteroatoms. The van der Waals surface area contributed by atoms with Crippen LogP contribution in [0.4, 0.5) is 0 Å². The predicted octanol–water partition coefficient (Wildman–Crippen LogP) is 4.99. The zero-order chi connectivity index (χ0) is 13.4.